The summed E-state index contributed by atoms with van der Waals surface area (Å²) < 4.78 is 5.58. The number of ether oxygens (including phenoxy) is 1. The maximum Gasteiger partial charge on any atom is 0.179 e. The van der Waals surface area contributed by atoms with E-state index < -0.39 is 0 Å². The molecular weight excluding hydrogens is 276 g/mol. The minimum atomic E-state index is -0.0623. The number of hydrogen-bond acceptors (Lipinski definition) is 4. The van der Waals surface area contributed by atoms with E-state index in [2.05, 4.69) is 24.1 Å². The molecule has 3 rings (SSSR count). The van der Waals surface area contributed by atoms with Gasteiger partial charge in [-0.05, 0) is 43.4 Å². The number of carbonyl (C=O) groups is 1. The summed E-state index contributed by atoms with van der Waals surface area (Å²) in [7, 11) is 0. The molecule has 1 N–H and O–H groups in total. The Labute approximate surface area is 132 Å². The molecule has 0 saturated carbocycles. The number of piperidine rings is 1. The standard InChI is InChI=1S/C18H26N2O2/c1-12-8-13(2)11-20(10-12)14(3)18(21)15-4-5-17-16(9-15)19-6-7-22-17/h4-5,9,12-14,19H,6-8,10-11H2,1-3H3. The summed E-state index contributed by atoms with van der Waals surface area (Å²) in [5.74, 6) is 2.38. The van der Waals surface area contributed by atoms with Gasteiger partial charge in [-0.3, -0.25) is 9.69 Å². The Morgan fingerprint density at radius 2 is 2.05 bits per heavy atom. The lowest BCUT2D eigenvalue weighted by molar-refractivity contribution is 0.0686. The lowest BCUT2D eigenvalue weighted by Crippen LogP contribution is -2.47. The van der Waals surface area contributed by atoms with Crippen LogP contribution in [0.3, 0.4) is 0 Å². The monoisotopic (exact) mass is 302 g/mol. The molecule has 0 amide bonds. The second-order valence-electron chi connectivity index (χ2n) is 6.93. The van der Waals surface area contributed by atoms with Gasteiger partial charge in [0.25, 0.3) is 0 Å². The third-order valence-electron chi connectivity index (χ3n) is 4.76. The number of fused-ring (bicyclic) bond motifs is 1. The number of hydrogen-bond donors (Lipinski definition) is 1. The summed E-state index contributed by atoms with van der Waals surface area (Å²) in [5.41, 5.74) is 1.71. The van der Waals surface area contributed by atoms with Gasteiger partial charge in [0.1, 0.15) is 12.4 Å². The highest BCUT2D eigenvalue weighted by Gasteiger charge is 2.29. The van der Waals surface area contributed by atoms with E-state index in [0.717, 1.165) is 36.6 Å². The molecule has 0 bridgehead atoms. The Morgan fingerprint density at radius 1 is 1.32 bits per heavy atom. The molecule has 120 valence electrons. The highest BCUT2D eigenvalue weighted by molar-refractivity contribution is 6.01. The Morgan fingerprint density at radius 3 is 2.77 bits per heavy atom. The van der Waals surface area contributed by atoms with Crippen LogP contribution in [0.15, 0.2) is 18.2 Å². The first-order valence-electron chi connectivity index (χ1n) is 8.33. The number of carbonyl (C=O) groups excluding carboxylic acids is 1. The van der Waals surface area contributed by atoms with Crippen molar-refractivity contribution in [3.63, 3.8) is 0 Å². The zero-order valence-corrected chi connectivity index (χ0v) is 13.8. The molecule has 1 saturated heterocycles. The lowest BCUT2D eigenvalue weighted by atomic mass is 9.90. The number of Topliss-reactive ketones (excluding diaryl/α,β-unsaturated/α-hetero) is 1. The van der Waals surface area contributed by atoms with Crippen molar-refractivity contribution in [3.8, 4) is 5.75 Å². The van der Waals surface area contributed by atoms with Gasteiger partial charge >= 0.3 is 0 Å². The quantitative estimate of drug-likeness (QED) is 0.871. The fourth-order valence-corrected chi connectivity index (χ4v) is 3.73. The zero-order valence-electron chi connectivity index (χ0n) is 13.8. The van der Waals surface area contributed by atoms with E-state index in [1.165, 1.54) is 6.42 Å². The van der Waals surface area contributed by atoms with Gasteiger partial charge in [-0.1, -0.05) is 13.8 Å². The molecule has 1 aromatic carbocycles. The molecule has 1 aromatic rings. The number of rotatable bonds is 3. The van der Waals surface area contributed by atoms with E-state index in [1.807, 2.05) is 25.1 Å². The molecule has 1 fully saturated rings. The first kappa shape index (κ1) is 15.3. The molecule has 0 radical (unpaired) electrons. The van der Waals surface area contributed by atoms with Crippen LogP contribution in [0.1, 0.15) is 37.6 Å². The SMILES string of the molecule is CC1CC(C)CN(C(C)C(=O)c2ccc3c(c2)NCCO3)C1. The van der Waals surface area contributed by atoms with Gasteiger partial charge in [0, 0.05) is 25.2 Å². The third-order valence-corrected chi connectivity index (χ3v) is 4.76. The number of likely N-dealkylation sites (tertiary alicyclic amines) is 1. The van der Waals surface area contributed by atoms with Crippen LogP contribution in [-0.4, -0.2) is 43.0 Å². The predicted octanol–water partition coefficient (Wildman–Crippen LogP) is 3.04. The number of nitrogens with zero attached hydrogens (tertiary/aromatic N) is 1. The van der Waals surface area contributed by atoms with Crippen LogP contribution in [0.5, 0.6) is 5.75 Å². The molecule has 4 nitrogen and oxygen atoms in total. The topological polar surface area (TPSA) is 41.6 Å². The van der Waals surface area contributed by atoms with Crippen LogP contribution < -0.4 is 10.1 Å². The molecule has 3 atom stereocenters. The summed E-state index contributed by atoms with van der Waals surface area (Å²) in [6, 6.07) is 5.67. The van der Waals surface area contributed by atoms with E-state index >= 15 is 0 Å². The first-order chi connectivity index (χ1) is 10.5. The van der Waals surface area contributed by atoms with Crippen LogP contribution in [0.4, 0.5) is 5.69 Å². The lowest BCUT2D eigenvalue weighted by Gasteiger charge is -2.38. The maximum atomic E-state index is 12.8. The Kier molecular flexibility index (Phi) is 4.39. The smallest absolute Gasteiger partial charge is 0.179 e. The van der Waals surface area contributed by atoms with Crippen molar-refractivity contribution >= 4 is 11.5 Å². The van der Waals surface area contributed by atoms with Gasteiger partial charge in [0.2, 0.25) is 0 Å². The van der Waals surface area contributed by atoms with Crippen molar-refractivity contribution in [1.29, 1.82) is 0 Å². The van der Waals surface area contributed by atoms with E-state index in [0.29, 0.717) is 18.4 Å². The summed E-state index contributed by atoms with van der Waals surface area (Å²) >= 11 is 0. The Balaban J connectivity index is 1.75. The van der Waals surface area contributed by atoms with Crippen LogP contribution in [0.25, 0.3) is 0 Å². The van der Waals surface area contributed by atoms with Gasteiger partial charge in [-0.2, -0.15) is 0 Å². The van der Waals surface area contributed by atoms with Crippen molar-refractivity contribution in [2.45, 2.75) is 33.2 Å². The second kappa shape index (κ2) is 6.29. The van der Waals surface area contributed by atoms with Crippen LogP contribution in [-0.2, 0) is 0 Å². The maximum absolute atomic E-state index is 12.8. The van der Waals surface area contributed by atoms with Gasteiger partial charge in [0.15, 0.2) is 5.78 Å². The van der Waals surface area contributed by atoms with Crippen LogP contribution in [0.2, 0.25) is 0 Å². The third kappa shape index (κ3) is 3.12. The van der Waals surface area contributed by atoms with Gasteiger partial charge in [-0.15, -0.1) is 0 Å². The predicted molar refractivity (Wildman–Crippen MR) is 88.7 cm³/mol. The fraction of sp³-hybridized carbons (Fsp3) is 0.611. The fourth-order valence-electron chi connectivity index (χ4n) is 3.73. The molecular formula is C18H26N2O2. The minimum absolute atomic E-state index is 0.0623. The van der Waals surface area contributed by atoms with Crippen LogP contribution in [0, 0.1) is 11.8 Å². The second-order valence-corrected chi connectivity index (χ2v) is 6.93. The number of ketones is 1. The molecule has 2 aliphatic heterocycles. The molecule has 2 aliphatic rings. The molecule has 0 spiro atoms. The Bertz CT molecular complexity index is 548. The normalized spacial score (nSPS) is 26.5. The summed E-state index contributed by atoms with van der Waals surface area (Å²) in [6.07, 6.45) is 1.26. The van der Waals surface area contributed by atoms with Crippen molar-refractivity contribution in [3.05, 3.63) is 23.8 Å². The number of benzene rings is 1. The first-order valence-corrected chi connectivity index (χ1v) is 8.33. The molecule has 2 heterocycles. The van der Waals surface area contributed by atoms with Gasteiger partial charge in [0.05, 0.1) is 11.7 Å². The number of nitrogens with one attached hydrogen (secondary N) is 1. The van der Waals surface area contributed by atoms with Crippen molar-refractivity contribution in [2.24, 2.45) is 11.8 Å². The minimum Gasteiger partial charge on any atom is -0.490 e. The van der Waals surface area contributed by atoms with Crippen molar-refractivity contribution in [2.75, 3.05) is 31.6 Å². The van der Waals surface area contributed by atoms with Crippen molar-refractivity contribution in [1.82, 2.24) is 4.90 Å². The summed E-state index contributed by atoms with van der Waals surface area (Å²) in [5, 5.41) is 3.30. The summed E-state index contributed by atoms with van der Waals surface area (Å²) in [4.78, 5) is 15.2. The molecule has 3 unspecified atom stereocenters. The average Bonchev–Trinajstić information content (AvgIpc) is 2.52. The zero-order chi connectivity index (χ0) is 15.7. The van der Waals surface area contributed by atoms with E-state index in [4.69, 9.17) is 4.74 Å². The van der Waals surface area contributed by atoms with Crippen LogP contribution >= 0.6 is 0 Å². The van der Waals surface area contributed by atoms with Crippen molar-refractivity contribution < 1.29 is 9.53 Å². The van der Waals surface area contributed by atoms with E-state index in [9.17, 15) is 4.79 Å². The average molecular weight is 302 g/mol. The van der Waals surface area contributed by atoms with E-state index in [1.54, 1.807) is 0 Å². The van der Waals surface area contributed by atoms with E-state index in [-0.39, 0.29) is 11.8 Å². The van der Waals surface area contributed by atoms with Gasteiger partial charge in [-0.25, -0.2) is 0 Å². The molecule has 22 heavy (non-hydrogen) atoms. The highest BCUT2D eigenvalue weighted by atomic mass is 16.5. The molecule has 0 aromatic heterocycles. The Hall–Kier alpha value is -1.55. The van der Waals surface area contributed by atoms with Gasteiger partial charge < -0.3 is 10.1 Å². The molecule has 0 aliphatic carbocycles. The number of anilines is 1. The highest BCUT2D eigenvalue weighted by Crippen LogP contribution is 2.29. The molecule has 4 heteroatoms. The summed E-state index contributed by atoms with van der Waals surface area (Å²) in [6.45, 7) is 10.1. The largest absolute Gasteiger partial charge is 0.490 e.